The number of aryl methyl sites for hydroxylation is 1. The molecule has 2 aliphatic rings. The number of hydrogen-bond donors (Lipinski definition) is 1. The quantitative estimate of drug-likeness (QED) is 0.634. The van der Waals surface area contributed by atoms with Gasteiger partial charge < -0.3 is 29.1 Å². The highest BCUT2D eigenvalue weighted by atomic mass is 16.6. The maximum absolute atomic E-state index is 12.8. The van der Waals surface area contributed by atoms with E-state index in [1.807, 2.05) is 65.1 Å². The van der Waals surface area contributed by atoms with Crippen LogP contribution in [-0.4, -0.2) is 72.2 Å². The van der Waals surface area contributed by atoms with Gasteiger partial charge in [0.15, 0.2) is 11.5 Å². The van der Waals surface area contributed by atoms with E-state index < -0.39 is 17.1 Å². The van der Waals surface area contributed by atoms with Crippen LogP contribution in [0.1, 0.15) is 51.7 Å². The number of likely N-dealkylation sites (tertiary alicyclic amines) is 1. The summed E-state index contributed by atoms with van der Waals surface area (Å²) in [4.78, 5) is 21.2. The van der Waals surface area contributed by atoms with Crippen LogP contribution < -0.4 is 14.4 Å². The molecule has 0 aliphatic carbocycles. The Morgan fingerprint density at radius 2 is 1.89 bits per heavy atom. The average Bonchev–Trinajstić information content (AvgIpc) is 3.15. The molecule has 1 amide bonds. The van der Waals surface area contributed by atoms with Crippen LogP contribution in [0.25, 0.3) is 0 Å². The monoisotopic (exact) mass is 497 g/mol. The number of nitrogens with zero attached hydrogens (tertiary/aromatic N) is 3. The van der Waals surface area contributed by atoms with Gasteiger partial charge in [-0.1, -0.05) is 19.1 Å². The molecule has 36 heavy (non-hydrogen) atoms. The zero-order chi connectivity index (χ0) is 26.3. The highest BCUT2D eigenvalue weighted by Gasteiger charge is 2.49. The predicted molar refractivity (Wildman–Crippen MR) is 139 cm³/mol. The second-order valence-electron chi connectivity index (χ2n) is 11.3. The second-order valence-corrected chi connectivity index (χ2v) is 11.3. The number of benzene rings is 1. The van der Waals surface area contributed by atoms with Crippen molar-refractivity contribution in [1.82, 2.24) is 9.88 Å². The van der Waals surface area contributed by atoms with Crippen LogP contribution in [-0.2, 0) is 4.74 Å². The largest absolute Gasteiger partial charge is 0.493 e. The van der Waals surface area contributed by atoms with Crippen LogP contribution in [0.3, 0.4) is 0 Å². The van der Waals surface area contributed by atoms with Gasteiger partial charge in [0.1, 0.15) is 17.5 Å². The molecule has 2 fully saturated rings. The van der Waals surface area contributed by atoms with Crippen molar-refractivity contribution in [1.29, 1.82) is 0 Å². The zero-order valence-electron chi connectivity index (χ0n) is 22.4. The number of pyridine rings is 1. The van der Waals surface area contributed by atoms with Crippen LogP contribution in [0, 0.1) is 12.3 Å². The summed E-state index contributed by atoms with van der Waals surface area (Å²) in [6.07, 6.45) is 0.907. The molecule has 0 spiro atoms. The number of aliphatic hydroxyl groups is 1. The maximum Gasteiger partial charge on any atom is 0.410 e. The Balaban J connectivity index is 1.51. The Hall–Kier alpha value is -3.00. The van der Waals surface area contributed by atoms with Gasteiger partial charge in [-0.3, -0.25) is 0 Å². The summed E-state index contributed by atoms with van der Waals surface area (Å²) in [6.45, 7) is 13.8. The molecule has 2 aromatic rings. The molecule has 8 heteroatoms. The maximum atomic E-state index is 12.8. The van der Waals surface area contributed by atoms with Crippen molar-refractivity contribution in [2.75, 3.05) is 38.2 Å². The molecule has 4 rings (SSSR count). The van der Waals surface area contributed by atoms with Crippen molar-refractivity contribution < 1.29 is 24.1 Å². The summed E-state index contributed by atoms with van der Waals surface area (Å²) in [7, 11) is 1.63. The third-order valence-electron chi connectivity index (χ3n) is 7.29. The second kappa shape index (κ2) is 9.81. The van der Waals surface area contributed by atoms with Gasteiger partial charge in [-0.2, -0.15) is 0 Å². The summed E-state index contributed by atoms with van der Waals surface area (Å²) >= 11 is 0. The molecule has 3 heterocycles. The highest BCUT2D eigenvalue weighted by molar-refractivity contribution is 5.69. The van der Waals surface area contributed by atoms with E-state index in [9.17, 15) is 9.90 Å². The minimum Gasteiger partial charge on any atom is -0.493 e. The van der Waals surface area contributed by atoms with E-state index in [1.54, 1.807) is 18.9 Å². The number of carbonyl (C=O) groups excluding carboxylic acids is 1. The van der Waals surface area contributed by atoms with Gasteiger partial charge in [-0.25, -0.2) is 9.78 Å². The number of methoxy groups -OCH3 is 1. The van der Waals surface area contributed by atoms with Gasteiger partial charge in [-0.15, -0.1) is 0 Å². The van der Waals surface area contributed by atoms with E-state index in [4.69, 9.17) is 14.2 Å². The van der Waals surface area contributed by atoms with Crippen LogP contribution in [0.2, 0.25) is 0 Å². The van der Waals surface area contributed by atoms with E-state index in [2.05, 4.69) is 16.0 Å². The highest BCUT2D eigenvalue weighted by Crippen LogP contribution is 2.47. The molecule has 3 atom stereocenters. The normalized spacial score (nSPS) is 23.3. The predicted octanol–water partition coefficient (Wildman–Crippen LogP) is 4.39. The van der Waals surface area contributed by atoms with Gasteiger partial charge in [-0.05, 0) is 63.9 Å². The fraction of sp³-hybridized carbons (Fsp3) is 0.571. The number of anilines is 1. The molecule has 8 nitrogen and oxygen atoms in total. The average molecular weight is 498 g/mol. The molecule has 0 radical (unpaired) electrons. The molecule has 2 saturated heterocycles. The first kappa shape index (κ1) is 26.1. The molecule has 1 aromatic carbocycles. The lowest BCUT2D eigenvalue weighted by Crippen LogP contribution is -2.54. The zero-order valence-corrected chi connectivity index (χ0v) is 22.4. The fourth-order valence-electron chi connectivity index (χ4n) is 4.92. The number of hydrogen-bond acceptors (Lipinski definition) is 7. The molecular formula is C28H39N3O5. The van der Waals surface area contributed by atoms with Crippen molar-refractivity contribution in [3.63, 3.8) is 0 Å². The summed E-state index contributed by atoms with van der Waals surface area (Å²) in [5.74, 6) is 2.18. The fourth-order valence-corrected chi connectivity index (χ4v) is 4.92. The van der Waals surface area contributed by atoms with Crippen molar-refractivity contribution in [2.24, 2.45) is 5.41 Å². The Bertz CT molecular complexity index is 1080. The first-order valence-electron chi connectivity index (χ1n) is 12.6. The van der Waals surface area contributed by atoms with Crippen LogP contribution >= 0.6 is 0 Å². The molecule has 0 saturated carbocycles. The SMILES string of the molecule is COc1ccc([C@@H]2CN(C(=O)OC(C)(C)C)C[C@@]2(C)[C@@H](C)O)cc1OC1CN(c2ccc(C)cn2)C1. The lowest BCUT2D eigenvalue weighted by molar-refractivity contribution is 0.0193. The van der Waals surface area contributed by atoms with E-state index in [-0.39, 0.29) is 18.1 Å². The van der Waals surface area contributed by atoms with E-state index in [1.165, 1.54) is 0 Å². The lowest BCUT2D eigenvalue weighted by Gasteiger charge is -2.40. The number of carbonyl (C=O) groups is 1. The molecule has 1 aromatic heterocycles. The number of amides is 1. The Kier molecular flexibility index (Phi) is 7.10. The summed E-state index contributed by atoms with van der Waals surface area (Å²) in [5.41, 5.74) is 1.02. The standard InChI is InChI=1S/C28H39N3O5/c1-18-8-11-25(29-13-18)30-14-21(15-30)35-24-12-20(9-10-23(24)34-7)22-16-31(17-28(22,6)19(2)32)26(33)36-27(3,4)5/h8-13,19,21-22,32H,14-17H2,1-7H3/t19-,22+,28+/m1/s1. The van der Waals surface area contributed by atoms with Gasteiger partial charge >= 0.3 is 6.09 Å². The molecule has 2 aliphatic heterocycles. The summed E-state index contributed by atoms with van der Waals surface area (Å²) in [5, 5.41) is 10.7. The lowest BCUT2D eigenvalue weighted by atomic mass is 9.72. The van der Waals surface area contributed by atoms with E-state index in [0.29, 0.717) is 24.6 Å². The summed E-state index contributed by atoms with van der Waals surface area (Å²) in [6, 6.07) is 9.99. The van der Waals surface area contributed by atoms with E-state index >= 15 is 0 Å². The molecule has 1 N–H and O–H groups in total. The van der Waals surface area contributed by atoms with Gasteiger partial charge in [0.25, 0.3) is 0 Å². The first-order valence-corrected chi connectivity index (χ1v) is 12.6. The van der Waals surface area contributed by atoms with Gasteiger partial charge in [0.2, 0.25) is 0 Å². The van der Waals surface area contributed by atoms with Crippen LogP contribution in [0.4, 0.5) is 10.6 Å². The van der Waals surface area contributed by atoms with Gasteiger partial charge in [0.05, 0.1) is 26.3 Å². The molecular weight excluding hydrogens is 458 g/mol. The number of aliphatic hydroxyl groups excluding tert-OH is 1. The van der Waals surface area contributed by atoms with Crippen molar-refractivity contribution >= 4 is 11.9 Å². The van der Waals surface area contributed by atoms with Crippen LogP contribution in [0.15, 0.2) is 36.5 Å². The third kappa shape index (κ3) is 5.38. The third-order valence-corrected chi connectivity index (χ3v) is 7.29. The number of rotatable bonds is 6. The molecule has 196 valence electrons. The Morgan fingerprint density at radius 3 is 2.47 bits per heavy atom. The van der Waals surface area contributed by atoms with Crippen LogP contribution in [0.5, 0.6) is 11.5 Å². The molecule has 0 unspecified atom stereocenters. The molecule has 0 bridgehead atoms. The van der Waals surface area contributed by atoms with Crippen molar-refractivity contribution in [3.05, 3.63) is 47.7 Å². The Labute approximate surface area is 214 Å². The Morgan fingerprint density at radius 1 is 1.17 bits per heavy atom. The number of aromatic nitrogens is 1. The topological polar surface area (TPSA) is 84.4 Å². The smallest absolute Gasteiger partial charge is 0.410 e. The van der Waals surface area contributed by atoms with Gasteiger partial charge in [0, 0.05) is 30.6 Å². The summed E-state index contributed by atoms with van der Waals surface area (Å²) < 4.78 is 17.6. The van der Waals surface area contributed by atoms with Crippen molar-refractivity contribution in [2.45, 2.75) is 65.3 Å². The van der Waals surface area contributed by atoms with Crippen molar-refractivity contribution in [3.8, 4) is 11.5 Å². The first-order chi connectivity index (χ1) is 16.9. The minimum atomic E-state index is -0.622. The van der Waals surface area contributed by atoms with E-state index in [0.717, 1.165) is 30.0 Å². The number of ether oxygens (including phenoxy) is 3. The minimum absolute atomic E-state index is 0.0160.